The number of benzene rings is 2. The minimum absolute atomic E-state index is 0.651. The average Bonchev–Trinajstić information content (AvgIpc) is 2.62. The number of piperazine rings is 1. The molecule has 2 heteroatoms. The van der Waals surface area contributed by atoms with Gasteiger partial charge in [0.15, 0.2) is 0 Å². The second-order valence-electron chi connectivity index (χ2n) is 6.70. The van der Waals surface area contributed by atoms with E-state index in [2.05, 4.69) is 77.4 Å². The Morgan fingerprint density at radius 3 is 2.00 bits per heavy atom. The van der Waals surface area contributed by atoms with Crippen LogP contribution in [0.5, 0.6) is 0 Å². The van der Waals surface area contributed by atoms with Crippen molar-refractivity contribution in [3.05, 3.63) is 71.8 Å². The van der Waals surface area contributed by atoms with Crippen molar-refractivity contribution < 1.29 is 0 Å². The highest BCUT2D eigenvalue weighted by atomic mass is 15.3. The van der Waals surface area contributed by atoms with E-state index in [0.29, 0.717) is 5.92 Å². The van der Waals surface area contributed by atoms with Crippen molar-refractivity contribution in [2.24, 2.45) is 0 Å². The van der Waals surface area contributed by atoms with Gasteiger partial charge in [-0.05, 0) is 30.0 Å². The number of hydrogen-bond acceptors (Lipinski definition) is 2. The third-order valence-electron chi connectivity index (χ3n) is 4.96. The molecule has 0 radical (unpaired) electrons. The van der Waals surface area contributed by atoms with Gasteiger partial charge >= 0.3 is 0 Å². The van der Waals surface area contributed by atoms with Crippen LogP contribution in [-0.4, -0.2) is 42.5 Å². The molecule has 1 heterocycles. The topological polar surface area (TPSA) is 6.48 Å². The first-order valence-corrected chi connectivity index (χ1v) is 8.85. The number of hydrogen-bond donors (Lipinski definition) is 0. The molecule has 1 atom stereocenters. The van der Waals surface area contributed by atoms with Gasteiger partial charge in [-0.3, -0.25) is 4.90 Å². The average molecular weight is 308 g/mol. The smallest absolute Gasteiger partial charge is 0.0234 e. The molecule has 1 aliphatic rings. The quantitative estimate of drug-likeness (QED) is 0.796. The van der Waals surface area contributed by atoms with Crippen molar-refractivity contribution in [1.82, 2.24) is 9.80 Å². The van der Waals surface area contributed by atoms with Crippen LogP contribution in [0.2, 0.25) is 0 Å². The van der Waals surface area contributed by atoms with Crippen LogP contribution >= 0.6 is 0 Å². The summed E-state index contributed by atoms with van der Waals surface area (Å²) in [4.78, 5) is 5.20. The van der Waals surface area contributed by atoms with E-state index in [1.165, 1.54) is 50.3 Å². The van der Waals surface area contributed by atoms with Gasteiger partial charge in [0.1, 0.15) is 0 Å². The molecule has 1 saturated heterocycles. The van der Waals surface area contributed by atoms with Gasteiger partial charge in [-0.15, -0.1) is 0 Å². The summed E-state index contributed by atoms with van der Waals surface area (Å²) in [7, 11) is 0. The zero-order valence-corrected chi connectivity index (χ0v) is 14.2. The van der Waals surface area contributed by atoms with Crippen LogP contribution in [0, 0.1) is 0 Å². The van der Waals surface area contributed by atoms with Crippen LogP contribution in [0.4, 0.5) is 0 Å². The molecule has 0 aliphatic carbocycles. The zero-order valence-electron chi connectivity index (χ0n) is 14.2. The first-order chi connectivity index (χ1) is 11.3. The lowest BCUT2D eigenvalue weighted by atomic mass is 9.97. The highest BCUT2D eigenvalue weighted by Gasteiger charge is 2.17. The molecule has 2 aromatic rings. The molecule has 0 spiro atoms. The summed E-state index contributed by atoms with van der Waals surface area (Å²) in [6.45, 7) is 9.44. The Bertz CT molecular complexity index is 559. The van der Waals surface area contributed by atoms with E-state index in [1.54, 1.807) is 0 Å². The molecule has 0 bridgehead atoms. The van der Waals surface area contributed by atoms with Crippen LogP contribution in [0.1, 0.15) is 30.4 Å². The fourth-order valence-electron chi connectivity index (χ4n) is 3.34. The summed E-state index contributed by atoms with van der Waals surface area (Å²) in [5, 5.41) is 0. The molecule has 0 aromatic heterocycles. The Balaban J connectivity index is 1.39. The third kappa shape index (κ3) is 4.92. The van der Waals surface area contributed by atoms with Gasteiger partial charge in [0.2, 0.25) is 0 Å². The Labute approximate surface area is 140 Å². The van der Waals surface area contributed by atoms with Crippen molar-refractivity contribution in [2.75, 3.05) is 32.7 Å². The van der Waals surface area contributed by atoms with Crippen molar-refractivity contribution in [3.63, 3.8) is 0 Å². The standard InChI is InChI=1S/C21H28N2/c1-19(21-10-6-3-7-11-21)12-13-22-14-16-23(17-15-22)18-20-8-4-2-5-9-20/h2-11,19H,12-18H2,1H3/t19-/m0/s1. The Hall–Kier alpha value is -1.64. The lowest BCUT2D eigenvalue weighted by molar-refractivity contribution is 0.125. The van der Waals surface area contributed by atoms with Crippen molar-refractivity contribution in [1.29, 1.82) is 0 Å². The maximum atomic E-state index is 2.63. The lowest BCUT2D eigenvalue weighted by Gasteiger charge is -2.35. The highest BCUT2D eigenvalue weighted by Crippen LogP contribution is 2.19. The number of rotatable bonds is 6. The summed E-state index contributed by atoms with van der Waals surface area (Å²) >= 11 is 0. The van der Waals surface area contributed by atoms with Crippen LogP contribution in [0.3, 0.4) is 0 Å². The second-order valence-corrected chi connectivity index (χ2v) is 6.70. The number of nitrogens with zero attached hydrogens (tertiary/aromatic N) is 2. The van der Waals surface area contributed by atoms with Gasteiger partial charge in [-0.1, -0.05) is 67.6 Å². The SMILES string of the molecule is C[C@@H](CCN1CCN(Cc2ccccc2)CC1)c1ccccc1. The molecular weight excluding hydrogens is 280 g/mol. The van der Waals surface area contributed by atoms with Crippen molar-refractivity contribution in [2.45, 2.75) is 25.8 Å². The third-order valence-corrected chi connectivity index (χ3v) is 4.96. The summed E-state index contributed by atoms with van der Waals surface area (Å²) in [5.74, 6) is 0.651. The molecule has 23 heavy (non-hydrogen) atoms. The van der Waals surface area contributed by atoms with E-state index in [4.69, 9.17) is 0 Å². The van der Waals surface area contributed by atoms with E-state index in [9.17, 15) is 0 Å². The molecule has 1 fully saturated rings. The monoisotopic (exact) mass is 308 g/mol. The predicted molar refractivity (Wildman–Crippen MR) is 97.6 cm³/mol. The fraction of sp³-hybridized carbons (Fsp3) is 0.429. The molecular formula is C21H28N2. The van der Waals surface area contributed by atoms with E-state index in [0.717, 1.165) is 6.54 Å². The van der Waals surface area contributed by atoms with E-state index in [-0.39, 0.29) is 0 Å². The molecule has 0 amide bonds. The molecule has 2 nitrogen and oxygen atoms in total. The van der Waals surface area contributed by atoms with Gasteiger partial charge in [0.05, 0.1) is 0 Å². The van der Waals surface area contributed by atoms with E-state index < -0.39 is 0 Å². The molecule has 2 aromatic carbocycles. The summed E-state index contributed by atoms with van der Waals surface area (Å²) in [6.07, 6.45) is 1.25. The van der Waals surface area contributed by atoms with Crippen LogP contribution < -0.4 is 0 Å². The van der Waals surface area contributed by atoms with Gasteiger partial charge in [-0.2, -0.15) is 0 Å². The summed E-state index contributed by atoms with van der Waals surface area (Å²) in [6, 6.07) is 21.7. The maximum absolute atomic E-state index is 2.63. The van der Waals surface area contributed by atoms with Crippen LogP contribution in [0.25, 0.3) is 0 Å². The van der Waals surface area contributed by atoms with E-state index >= 15 is 0 Å². The van der Waals surface area contributed by atoms with Crippen molar-refractivity contribution in [3.8, 4) is 0 Å². The van der Waals surface area contributed by atoms with Gasteiger partial charge in [0.25, 0.3) is 0 Å². The van der Waals surface area contributed by atoms with E-state index in [1.807, 2.05) is 0 Å². The minimum atomic E-state index is 0.651. The lowest BCUT2D eigenvalue weighted by Crippen LogP contribution is -2.46. The Kier molecular flexibility index (Phi) is 5.84. The minimum Gasteiger partial charge on any atom is -0.301 e. The second kappa shape index (κ2) is 8.28. The molecule has 0 saturated carbocycles. The van der Waals surface area contributed by atoms with Gasteiger partial charge < -0.3 is 4.90 Å². The maximum Gasteiger partial charge on any atom is 0.0234 e. The molecule has 3 rings (SSSR count). The highest BCUT2D eigenvalue weighted by molar-refractivity contribution is 5.18. The first kappa shape index (κ1) is 16.2. The molecule has 0 unspecified atom stereocenters. The van der Waals surface area contributed by atoms with Gasteiger partial charge in [-0.25, -0.2) is 0 Å². The van der Waals surface area contributed by atoms with Crippen molar-refractivity contribution >= 4 is 0 Å². The largest absolute Gasteiger partial charge is 0.301 e. The van der Waals surface area contributed by atoms with Crippen LogP contribution in [-0.2, 0) is 6.54 Å². The fourth-order valence-corrected chi connectivity index (χ4v) is 3.34. The molecule has 0 N–H and O–H groups in total. The van der Waals surface area contributed by atoms with Gasteiger partial charge in [0, 0.05) is 32.7 Å². The zero-order chi connectivity index (χ0) is 15.9. The molecule has 122 valence electrons. The Morgan fingerprint density at radius 1 is 0.783 bits per heavy atom. The molecule has 1 aliphatic heterocycles. The first-order valence-electron chi connectivity index (χ1n) is 8.85. The predicted octanol–water partition coefficient (Wildman–Crippen LogP) is 4.00. The normalized spacial score (nSPS) is 18.0. The summed E-state index contributed by atoms with van der Waals surface area (Å²) in [5.41, 5.74) is 2.90. The van der Waals surface area contributed by atoms with Crippen LogP contribution in [0.15, 0.2) is 60.7 Å². The Morgan fingerprint density at radius 2 is 1.35 bits per heavy atom. The summed E-state index contributed by atoms with van der Waals surface area (Å²) < 4.78 is 0.